The number of hydrogen-bond donors (Lipinski definition) is 1. The van der Waals surface area contributed by atoms with Crippen molar-refractivity contribution in [2.75, 3.05) is 5.73 Å². The zero-order valence-electron chi connectivity index (χ0n) is 9.74. The van der Waals surface area contributed by atoms with Gasteiger partial charge in [0.1, 0.15) is 5.52 Å². The highest BCUT2D eigenvalue weighted by molar-refractivity contribution is 5.78. The highest BCUT2D eigenvalue weighted by Crippen LogP contribution is 2.27. The molecule has 0 fully saturated rings. The Labute approximate surface area is 107 Å². The van der Waals surface area contributed by atoms with E-state index < -0.39 is 4.92 Å². The van der Waals surface area contributed by atoms with Crippen molar-refractivity contribution in [3.8, 4) is 11.5 Å². The Bertz CT molecular complexity index is 780. The summed E-state index contributed by atoms with van der Waals surface area (Å²) < 4.78 is 5.53. The van der Waals surface area contributed by atoms with Gasteiger partial charge >= 0.3 is 0 Å². The van der Waals surface area contributed by atoms with Crippen molar-refractivity contribution in [3.63, 3.8) is 0 Å². The fourth-order valence-corrected chi connectivity index (χ4v) is 1.82. The maximum Gasteiger partial charge on any atom is 0.273 e. The second kappa shape index (κ2) is 4.09. The van der Waals surface area contributed by atoms with Crippen molar-refractivity contribution in [2.45, 2.75) is 0 Å². The van der Waals surface area contributed by atoms with Crippen molar-refractivity contribution in [3.05, 3.63) is 52.6 Å². The molecule has 0 unspecified atom stereocenters. The van der Waals surface area contributed by atoms with Gasteiger partial charge in [0.05, 0.1) is 11.0 Å². The number of nitrogens with zero attached hydrogens (tertiary/aromatic N) is 2. The molecule has 0 bridgehead atoms. The van der Waals surface area contributed by atoms with Gasteiger partial charge in [-0.1, -0.05) is 6.07 Å². The van der Waals surface area contributed by atoms with Crippen LogP contribution in [0.15, 0.2) is 46.9 Å². The Morgan fingerprint density at radius 2 is 2.05 bits per heavy atom. The number of fused-ring (bicyclic) bond motifs is 1. The predicted molar refractivity (Wildman–Crippen MR) is 70.5 cm³/mol. The third-order valence-electron chi connectivity index (χ3n) is 2.72. The second-order valence-electron chi connectivity index (χ2n) is 4.05. The molecule has 0 aliphatic rings. The normalized spacial score (nSPS) is 10.7. The first-order valence-electron chi connectivity index (χ1n) is 5.54. The Balaban J connectivity index is 2.14. The molecule has 19 heavy (non-hydrogen) atoms. The zero-order valence-corrected chi connectivity index (χ0v) is 9.74. The van der Waals surface area contributed by atoms with Crippen LogP contribution >= 0.6 is 0 Å². The number of nitro groups is 1. The standard InChI is InChI=1S/C13H9N3O3/c14-9-3-1-2-8(6-9)13-15-11-5-4-10(16(17)18)7-12(11)19-13/h1-7H,14H2. The number of oxazole rings is 1. The molecule has 0 saturated heterocycles. The molecule has 1 heterocycles. The number of hydrogen-bond acceptors (Lipinski definition) is 5. The smallest absolute Gasteiger partial charge is 0.273 e. The molecule has 2 aromatic carbocycles. The second-order valence-corrected chi connectivity index (χ2v) is 4.05. The minimum absolute atomic E-state index is 0.0252. The lowest BCUT2D eigenvalue weighted by Gasteiger charge is -1.95. The first kappa shape index (κ1) is 11.2. The van der Waals surface area contributed by atoms with E-state index in [0.717, 1.165) is 5.56 Å². The maximum absolute atomic E-state index is 10.7. The molecule has 3 rings (SSSR count). The van der Waals surface area contributed by atoms with Gasteiger partial charge in [0.25, 0.3) is 5.69 Å². The molecular weight excluding hydrogens is 246 g/mol. The van der Waals surface area contributed by atoms with Crippen LogP contribution in [0.25, 0.3) is 22.6 Å². The monoisotopic (exact) mass is 255 g/mol. The molecule has 0 aliphatic heterocycles. The van der Waals surface area contributed by atoms with Crippen LogP contribution in [-0.4, -0.2) is 9.91 Å². The van der Waals surface area contributed by atoms with Crippen LogP contribution in [0.5, 0.6) is 0 Å². The van der Waals surface area contributed by atoms with Gasteiger partial charge in [-0.3, -0.25) is 10.1 Å². The highest BCUT2D eigenvalue weighted by Gasteiger charge is 2.12. The number of non-ortho nitro benzene ring substituents is 1. The van der Waals surface area contributed by atoms with Crippen LogP contribution in [0, 0.1) is 10.1 Å². The molecule has 0 saturated carbocycles. The van der Waals surface area contributed by atoms with Gasteiger partial charge in [0.2, 0.25) is 5.89 Å². The van der Waals surface area contributed by atoms with E-state index in [1.807, 2.05) is 6.07 Å². The minimum Gasteiger partial charge on any atom is -0.436 e. The van der Waals surface area contributed by atoms with E-state index in [-0.39, 0.29) is 5.69 Å². The van der Waals surface area contributed by atoms with Crippen LogP contribution in [0.1, 0.15) is 0 Å². The summed E-state index contributed by atoms with van der Waals surface area (Å²) in [5.41, 5.74) is 7.96. The topological polar surface area (TPSA) is 95.2 Å². The van der Waals surface area contributed by atoms with Gasteiger partial charge < -0.3 is 10.2 Å². The fourth-order valence-electron chi connectivity index (χ4n) is 1.82. The summed E-state index contributed by atoms with van der Waals surface area (Å²) in [6.07, 6.45) is 0. The van der Waals surface area contributed by atoms with Gasteiger partial charge in [0.15, 0.2) is 5.58 Å². The molecular formula is C13H9N3O3. The zero-order chi connectivity index (χ0) is 13.4. The van der Waals surface area contributed by atoms with E-state index in [9.17, 15) is 10.1 Å². The SMILES string of the molecule is Nc1cccc(-c2nc3ccc([N+](=O)[O-])cc3o2)c1. The first-order chi connectivity index (χ1) is 9.13. The average molecular weight is 255 g/mol. The van der Waals surface area contributed by atoms with Gasteiger partial charge in [-0.05, 0) is 24.3 Å². The number of anilines is 1. The number of nitrogens with two attached hydrogens (primary N) is 1. The molecule has 1 aromatic heterocycles. The van der Waals surface area contributed by atoms with E-state index >= 15 is 0 Å². The molecule has 0 aliphatic carbocycles. The van der Waals surface area contributed by atoms with E-state index in [0.29, 0.717) is 22.7 Å². The number of nitrogen functional groups attached to an aromatic ring is 1. The quantitative estimate of drug-likeness (QED) is 0.431. The van der Waals surface area contributed by atoms with Gasteiger partial charge in [-0.2, -0.15) is 0 Å². The van der Waals surface area contributed by atoms with E-state index in [1.165, 1.54) is 12.1 Å². The van der Waals surface area contributed by atoms with Crippen molar-refractivity contribution in [1.29, 1.82) is 0 Å². The number of aromatic nitrogens is 1. The lowest BCUT2D eigenvalue weighted by molar-refractivity contribution is -0.384. The highest BCUT2D eigenvalue weighted by atomic mass is 16.6. The Kier molecular flexibility index (Phi) is 2.42. The van der Waals surface area contributed by atoms with Crippen molar-refractivity contribution < 1.29 is 9.34 Å². The van der Waals surface area contributed by atoms with Crippen LogP contribution in [0.3, 0.4) is 0 Å². The maximum atomic E-state index is 10.7. The van der Waals surface area contributed by atoms with E-state index in [4.69, 9.17) is 10.2 Å². The molecule has 0 amide bonds. The molecule has 6 nitrogen and oxygen atoms in total. The number of nitro benzene ring substituents is 1. The lowest BCUT2D eigenvalue weighted by Crippen LogP contribution is -1.86. The summed E-state index contributed by atoms with van der Waals surface area (Å²) in [7, 11) is 0. The summed E-state index contributed by atoms with van der Waals surface area (Å²) in [5, 5.41) is 10.7. The first-order valence-corrected chi connectivity index (χ1v) is 5.54. The van der Waals surface area contributed by atoms with Crippen LogP contribution < -0.4 is 5.73 Å². The van der Waals surface area contributed by atoms with Gasteiger partial charge in [-0.15, -0.1) is 0 Å². The molecule has 0 spiro atoms. The van der Waals surface area contributed by atoms with Crippen molar-refractivity contribution >= 4 is 22.5 Å². The summed E-state index contributed by atoms with van der Waals surface area (Å²) in [5.74, 6) is 0.391. The summed E-state index contributed by atoms with van der Waals surface area (Å²) in [4.78, 5) is 14.5. The van der Waals surface area contributed by atoms with E-state index in [1.54, 1.807) is 24.3 Å². The fraction of sp³-hybridized carbons (Fsp3) is 0. The lowest BCUT2D eigenvalue weighted by atomic mass is 10.2. The molecule has 6 heteroatoms. The van der Waals surface area contributed by atoms with E-state index in [2.05, 4.69) is 4.98 Å². The molecule has 2 N–H and O–H groups in total. The van der Waals surface area contributed by atoms with Crippen molar-refractivity contribution in [1.82, 2.24) is 4.98 Å². The van der Waals surface area contributed by atoms with Gasteiger partial charge in [-0.25, -0.2) is 4.98 Å². The Morgan fingerprint density at radius 1 is 1.21 bits per heavy atom. The molecule has 94 valence electrons. The van der Waals surface area contributed by atoms with Crippen LogP contribution in [-0.2, 0) is 0 Å². The number of rotatable bonds is 2. The summed E-state index contributed by atoms with van der Waals surface area (Å²) >= 11 is 0. The Hall–Kier alpha value is -2.89. The summed E-state index contributed by atoms with van der Waals surface area (Å²) in [6.45, 7) is 0. The largest absolute Gasteiger partial charge is 0.436 e. The molecule has 0 radical (unpaired) electrons. The summed E-state index contributed by atoms with van der Waals surface area (Å²) in [6, 6.07) is 11.4. The molecule has 3 aromatic rings. The van der Waals surface area contributed by atoms with Crippen molar-refractivity contribution in [2.24, 2.45) is 0 Å². The van der Waals surface area contributed by atoms with Gasteiger partial charge in [0, 0.05) is 17.3 Å². The average Bonchev–Trinajstić information content (AvgIpc) is 2.81. The van der Waals surface area contributed by atoms with Crippen LogP contribution in [0.2, 0.25) is 0 Å². The Morgan fingerprint density at radius 3 is 2.79 bits per heavy atom. The predicted octanol–water partition coefficient (Wildman–Crippen LogP) is 2.99. The third kappa shape index (κ3) is 1.99. The minimum atomic E-state index is -0.470. The third-order valence-corrected chi connectivity index (χ3v) is 2.72. The number of benzene rings is 2. The van der Waals surface area contributed by atoms with Crippen LogP contribution in [0.4, 0.5) is 11.4 Å². The molecule has 0 atom stereocenters.